The summed E-state index contributed by atoms with van der Waals surface area (Å²) in [5, 5.41) is 8.28. The second kappa shape index (κ2) is 13.0. The number of nitrogens with zero attached hydrogens (tertiary/aromatic N) is 6. The Bertz CT molecular complexity index is 1330. The van der Waals surface area contributed by atoms with Gasteiger partial charge in [-0.3, -0.25) is 4.79 Å². The van der Waals surface area contributed by atoms with E-state index < -0.39 is 11.7 Å². The largest absolute Gasteiger partial charge is 0.444 e. The van der Waals surface area contributed by atoms with Gasteiger partial charge in [0.25, 0.3) is 5.91 Å². The van der Waals surface area contributed by atoms with Crippen molar-refractivity contribution in [3.8, 4) is 0 Å². The van der Waals surface area contributed by atoms with Crippen LogP contribution in [0.25, 0.3) is 11.0 Å². The average molecular weight is 569 g/mol. The van der Waals surface area contributed by atoms with Crippen molar-refractivity contribution in [2.75, 3.05) is 33.4 Å². The molecule has 0 aliphatic carbocycles. The second-order valence-corrected chi connectivity index (χ2v) is 12.3. The van der Waals surface area contributed by atoms with Crippen LogP contribution in [0.3, 0.4) is 0 Å². The van der Waals surface area contributed by atoms with E-state index >= 15 is 0 Å². The predicted octanol–water partition coefficient (Wildman–Crippen LogP) is 5.05. The molecule has 2 atom stereocenters. The predicted molar refractivity (Wildman–Crippen MR) is 155 cm³/mol. The first-order chi connectivity index (χ1) is 19.5. The van der Waals surface area contributed by atoms with Gasteiger partial charge in [-0.2, -0.15) is 0 Å². The first-order valence-electron chi connectivity index (χ1n) is 14.5. The Balaban J connectivity index is 1.70. The van der Waals surface area contributed by atoms with Crippen molar-refractivity contribution in [2.45, 2.75) is 84.9 Å². The van der Waals surface area contributed by atoms with Crippen LogP contribution in [0.5, 0.6) is 0 Å². The van der Waals surface area contributed by atoms with Crippen molar-refractivity contribution in [2.24, 2.45) is 5.92 Å². The molecule has 0 saturated carbocycles. The number of rotatable bonds is 10. The van der Waals surface area contributed by atoms with Crippen molar-refractivity contribution in [3.05, 3.63) is 41.9 Å². The number of benzene rings is 1. The Morgan fingerprint density at radius 3 is 2.56 bits per heavy atom. The summed E-state index contributed by atoms with van der Waals surface area (Å²) in [6.45, 7) is 14.0. The Morgan fingerprint density at radius 1 is 1.15 bits per heavy atom. The highest BCUT2D eigenvalue weighted by Gasteiger charge is 2.40. The minimum absolute atomic E-state index is 0.155. The summed E-state index contributed by atoms with van der Waals surface area (Å²) in [4.78, 5) is 36.1. The molecular weight excluding hydrogens is 524 g/mol. The van der Waals surface area contributed by atoms with E-state index in [4.69, 9.17) is 18.9 Å². The number of amides is 2. The van der Waals surface area contributed by atoms with Gasteiger partial charge in [0.1, 0.15) is 5.60 Å². The van der Waals surface area contributed by atoms with Gasteiger partial charge in [0, 0.05) is 46.8 Å². The van der Waals surface area contributed by atoms with Crippen molar-refractivity contribution < 1.29 is 23.5 Å². The number of unbranched alkanes of at least 4 members (excludes halogenated alkanes) is 1. The van der Waals surface area contributed by atoms with Gasteiger partial charge in [0.15, 0.2) is 5.82 Å². The monoisotopic (exact) mass is 568 g/mol. The average Bonchev–Trinajstić information content (AvgIpc) is 3.52. The summed E-state index contributed by atoms with van der Waals surface area (Å²) in [5.41, 5.74) is 1.06. The first kappa shape index (κ1) is 30.5. The number of carbonyl (C=O) groups is 2. The third-order valence-corrected chi connectivity index (χ3v) is 7.06. The maximum absolute atomic E-state index is 14.4. The van der Waals surface area contributed by atoms with Gasteiger partial charge in [-0.1, -0.05) is 26.0 Å². The van der Waals surface area contributed by atoms with Gasteiger partial charge in [0.2, 0.25) is 11.8 Å². The molecular formula is C30H44N6O5. The van der Waals surface area contributed by atoms with E-state index in [9.17, 15) is 9.59 Å². The number of hydrogen-bond donors (Lipinski definition) is 0. The number of methoxy groups -OCH3 is 1. The molecule has 0 radical (unpaired) electrons. The van der Waals surface area contributed by atoms with Crippen LogP contribution in [0.15, 0.2) is 28.7 Å². The second-order valence-electron chi connectivity index (χ2n) is 12.3. The number of imidazole rings is 1. The summed E-state index contributed by atoms with van der Waals surface area (Å²) in [6, 6.07) is 7.53. The number of carbonyl (C=O) groups excluding carboxylic acids is 2. The molecule has 224 valence electrons. The van der Waals surface area contributed by atoms with Gasteiger partial charge >= 0.3 is 6.09 Å². The van der Waals surface area contributed by atoms with Gasteiger partial charge in [0.05, 0.1) is 23.0 Å². The number of aryl methyl sites for hydroxylation is 2. The van der Waals surface area contributed by atoms with Crippen molar-refractivity contribution >= 4 is 23.0 Å². The topological polar surface area (TPSA) is 116 Å². The molecule has 3 heterocycles. The Morgan fingerprint density at radius 2 is 1.90 bits per heavy atom. The van der Waals surface area contributed by atoms with Gasteiger partial charge in [-0.15, -0.1) is 10.2 Å². The van der Waals surface area contributed by atoms with E-state index in [0.29, 0.717) is 56.8 Å². The molecule has 1 aliphatic heterocycles. The maximum Gasteiger partial charge on any atom is 0.410 e. The molecule has 0 bridgehead atoms. The molecule has 1 unspecified atom stereocenters. The number of hydrogen-bond acceptors (Lipinski definition) is 8. The SMILES string of the molecule is COCCCCn1c(C(=O)N(CC(C)C)[C@H]2CC(c3nnc(C)o3)CN(C(=O)OC(C)(C)C)C2)nc2ccccc21. The molecule has 0 N–H and O–H groups in total. The van der Waals surface area contributed by atoms with E-state index in [-0.39, 0.29) is 23.8 Å². The molecule has 2 aromatic heterocycles. The van der Waals surface area contributed by atoms with Crippen LogP contribution in [-0.4, -0.2) is 86.5 Å². The number of fused-ring (bicyclic) bond motifs is 1. The molecule has 11 nitrogen and oxygen atoms in total. The zero-order chi connectivity index (χ0) is 29.7. The molecule has 0 spiro atoms. The van der Waals surface area contributed by atoms with Crippen molar-refractivity contribution in [3.63, 3.8) is 0 Å². The molecule has 1 aliphatic rings. The zero-order valence-corrected chi connectivity index (χ0v) is 25.4. The van der Waals surface area contributed by atoms with Crippen LogP contribution in [0.2, 0.25) is 0 Å². The molecule has 3 aromatic rings. The van der Waals surface area contributed by atoms with Crippen molar-refractivity contribution in [1.82, 2.24) is 29.5 Å². The lowest BCUT2D eigenvalue weighted by Crippen LogP contribution is -2.55. The molecule has 4 rings (SSSR count). The van der Waals surface area contributed by atoms with Gasteiger partial charge < -0.3 is 28.3 Å². The van der Waals surface area contributed by atoms with E-state index in [1.54, 1.807) is 18.9 Å². The summed E-state index contributed by atoms with van der Waals surface area (Å²) in [5.74, 6) is 1.13. The van der Waals surface area contributed by atoms with Crippen molar-refractivity contribution in [1.29, 1.82) is 0 Å². The van der Waals surface area contributed by atoms with E-state index in [1.165, 1.54) is 0 Å². The number of ether oxygens (including phenoxy) is 2. The molecule has 1 fully saturated rings. The van der Waals surface area contributed by atoms with Gasteiger partial charge in [-0.05, 0) is 58.1 Å². The smallest absolute Gasteiger partial charge is 0.410 e. The van der Waals surface area contributed by atoms with E-state index in [1.807, 2.05) is 54.5 Å². The quantitative estimate of drug-likeness (QED) is 0.312. The Labute approximate surface area is 242 Å². The highest BCUT2D eigenvalue weighted by Crippen LogP contribution is 2.31. The normalized spacial score (nSPS) is 17.8. The number of para-hydroxylation sites is 2. The molecule has 11 heteroatoms. The third-order valence-electron chi connectivity index (χ3n) is 7.06. The lowest BCUT2D eigenvalue weighted by atomic mass is 9.92. The van der Waals surface area contributed by atoms with Crippen LogP contribution in [0.4, 0.5) is 4.79 Å². The summed E-state index contributed by atoms with van der Waals surface area (Å²) in [6.07, 6.45) is 1.89. The van der Waals surface area contributed by atoms with Crippen LogP contribution >= 0.6 is 0 Å². The maximum atomic E-state index is 14.4. The summed E-state index contributed by atoms with van der Waals surface area (Å²) < 4.78 is 18.8. The number of piperidine rings is 1. The third kappa shape index (κ3) is 7.63. The first-order valence-corrected chi connectivity index (χ1v) is 14.5. The standard InChI is InChI=1S/C30H44N6O5/c1-20(2)17-36(28(37)26-31-24-12-8-9-13-25(24)35(26)14-10-11-15-39-7)23-16-22(27-33-32-21(3)40-27)18-34(19-23)29(38)41-30(4,5)6/h8-9,12-13,20,22-23H,10-11,14-19H2,1-7H3/t22?,23-/m0/s1. The van der Waals surface area contributed by atoms with Crippen LogP contribution < -0.4 is 0 Å². The van der Waals surface area contributed by atoms with E-state index in [0.717, 1.165) is 23.9 Å². The lowest BCUT2D eigenvalue weighted by Gasteiger charge is -2.42. The highest BCUT2D eigenvalue weighted by molar-refractivity contribution is 5.95. The Hall–Kier alpha value is -3.47. The fraction of sp³-hybridized carbons (Fsp3) is 0.633. The number of likely N-dealkylation sites (tertiary alicyclic amines) is 1. The molecule has 1 aromatic carbocycles. The zero-order valence-electron chi connectivity index (χ0n) is 25.4. The lowest BCUT2D eigenvalue weighted by molar-refractivity contribution is 0.00488. The molecule has 2 amide bonds. The van der Waals surface area contributed by atoms with Crippen LogP contribution in [-0.2, 0) is 16.0 Å². The minimum atomic E-state index is -0.651. The Kier molecular flexibility index (Phi) is 9.68. The number of aromatic nitrogens is 4. The van der Waals surface area contributed by atoms with Crippen LogP contribution in [0, 0.1) is 12.8 Å². The van der Waals surface area contributed by atoms with E-state index in [2.05, 4.69) is 24.0 Å². The summed E-state index contributed by atoms with van der Waals surface area (Å²) >= 11 is 0. The molecule has 1 saturated heterocycles. The van der Waals surface area contributed by atoms with Gasteiger partial charge in [-0.25, -0.2) is 9.78 Å². The molecule has 41 heavy (non-hydrogen) atoms. The highest BCUT2D eigenvalue weighted by atomic mass is 16.6. The fourth-order valence-corrected chi connectivity index (χ4v) is 5.33. The minimum Gasteiger partial charge on any atom is -0.444 e. The fourth-order valence-electron chi connectivity index (χ4n) is 5.33. The summed E-state index contributed by atoms with van der Waals surface area (Å²) in [7, 11) is 1.69. The van der Waals surface area contributed by atoms with Crippen LogP contribution in [0.1, 0.15) is 82.2 Å².